The molecule has 1 aliphatic rings. The van der Waals surface area contributed by atoms with Gasteiger partial charge < -0.3 is 0 Å². The van der Waals surface area contributed by atoms with E-state index in [2.05, 4.69) is 8.78 Å². The van der Waals surface area contributed by atoms with Gasteiger partial charge in [0.2, 0.25) is 0 Å². The van der Waals surface area contributed by atoms with Gasteiger partial charge in [0.25, 0.3) is 17.7 Å². The van der Waals surface area contributed by atoms with Crippen LogP contribution in [0.15, 0.2) is 0 Å². The Morgan fingerprint density at radius 1 is 1.00 bits per heavy atom. The predicted octanol–water partition coefficient (Wildman–Crippen LogP) is -0.456. The van der Waals surface area contributed by atoms with E-state index in [1.54, 1.807) is 22.8 Å². The number of hydrogen-bond acceptors (Lipinski definition) is 4. The summed E-state index contributed by atoms with van der Waals surface area (Å²) in [6.45, 7) is 0. The SMILES string of the molecule is N1[Si]SN[Si]S1. The van der Waals surface area contributed by atoms with Crippen molar-refractivity contribution in [2.45, 2.75) is 0 Å². The summed E-state index contributed by atoms with van der Waals surface area (Å²) in [5.41, 5.74) is 0. The molecule has 0 saturated carbocycles. The fourth-order valence-corrected chi connectivity index (χ4v) is 5.88. The summed E-state index contributed by atoms with van der Waals surface area (Å²) in [5, 5.41) is 0. The molecular weight excluding hydrogens is 148 g/mol. The van der Waals surface area contributed by atoms with Gasteiger partial charge in [-0.15, -0.1) is 0 Å². The van der Waals surface area contributed by atoms with Crippen molar-refractivity contribution in [3.63, 3.8) is 0 Å². The Labute approximate surface area is 49.6 Å². The molecule has 6 heavy (non-hydrogen) atoms. The fraction of sp³-hybridized carbons (Fsp3) is 0. The van der Waals surface area contributed by atoms with Crippen molar-refractivity contribution in [1.82, 2.24) is 8.78 Å². The second-order valence-electron chi connectivity index (χ2n) is 0.612. The van der Waals surface area contributed by atoms with Crippen LogP contribution in [0.5, 0.6) is 0 Å². The molecular formula is H2N2S2Si2. The Kier molecular flexibility index (Phi) is 2.69. The van der Waals surface area contributed by atoms with Gasteiger partial charge in [-0.2, -0.15) is 0 Å². The molecule has 0 aromatic heterocycles. The first-order valence-corrected chi connectivity index (χ1v) is 6.40. The van der Waals surface area contributed by atoms with Crippen molar-refractivity contribution in [1.29, 1.82) is 0 Å². The molecule has 2 N–H and O–H groups in total. The van der Waals surface area contributed by atoms with Crippen LogP contribution >= 0.6 is 22.8 Å². The molecule has 1 fully saturated rings. The van der Waals surface area contributed by atoms with E-state index in [1.807, 2.05) is 0 Å². The van der Waals surface area contributed by atoms with Crippen LogP contribution in [0.1, 0.15) is 0 Å². The molecule has 1 saturated heterocycles. The van der Waals surface area contributed by atoms with Gasteiger partial charge in [0.1, 0.15) is 0 Å². The second-order valence-corrected chi connectivity index (χ2v) is 5.51. The van der Waals surface area contributed by atoms with Crippen LogP contribution in [0.2, 0.25) is 0 Å². The zero-order valence-corrected chi connectivity index (χ0v) is 6.45. The summed E-state index contributed by atoms with van der Waals surface area (Å²) in [6.07, 6.45) is 0. The number of nitrogens with one attached hydrogen (secondary N) is 2. The molecule has 1 heterocycles. The summed E-state index contributed by atoms with van der Waals surface area (Å²) in [7, 11) is 1.65. The molecule has 0 aromatic carbocycles. The molecule has 6 heteroatoms. The van der Waals surface area contributed by atoms with Crippen molar-refractivity contribution < 1.29 is 0 Å². The largest absolute Gasteiger partial charge is 0.279 e. The van der Waals surface area contributed by atoms with E-state index in [-0.39, 0.29) is 0 Å². The normalized spacial score (nSPS) is 24.0. The van der Waals surface area contributed by atoms with Crippen LogP contribution in [0.4, 0.5) is 0 Å². The molecule has 0 aliphatic carbocycles. The fourth-order valence-electron chi connectivity index (χ4n) is 0.134. The molecule has 0 spiro atoms. The Morgan fingerprint density at radius 2 is 1.50 bits per heavy atom. The third-order valence-corrected chi connectivity index (χ3v) is 5.92. The van der Waals surface area contributed by atoms with Crippen LogP contribution in [0, 0.1) is 0 Å². The van der Waals surface area contributed by atoms with E-state index < -0.39 is 0 Å². The van der Waals surface area contributed by atoms with Crippen molar-refractivity contribution in [3.8, 4) is 0 Å². The minimum absolute atomic E-state index is 0.827. The summed E-state index contributed by atoms with van der Waals surface area (Å²) in [6, 6.07) is 0. The van der Waals surface area contributed by atoms with Gasteiger partial charge >= 0.3 is 0 Å². The zero-order chi connectivity index (χ0) is 4.24. The predicted molar refractivity (Wildman–Crippen MR) is 33.0 cm³/mol. The van der Waals surface area contributed by atoms with Gasteiger partial charge in [0, 0.05) is 0 Å². The van der Waals surface area contributed by atoms with Crippen LogP contribution in [-0.2, 0) is 0 Å². The summed E-state index contributed by atoms with van der Waals surface area (Å²) >= 11 is 3.51. The standard InChI is InChI=1S/H2N2S2Si2/c1-3-6-2-4-5-1/h1-2H. The second kappa shape index (κ2) is 3.11. The smallest absolute Gasteiger partial charge is 0.252 e. The van der Waals surface area contributed by atoms with Gasteiger partial charge in [-0.05, 0) is 0 Å². The molecule has 1 aliphatic heterocycles. The summed E-state index contributed by atoms with van der Waals surface area (Å²) < 4.78 is 6.28. The molecule has 0 amide bonds. The van der Waals surface area contributed by atoms with Crippen molar-refractivity contribution in [2.24, 2.45) is 0 Å². The lowest BCUT2D eigenvalue weighted by Gasteiger charge is -2.06. The third kappa shape index (κ3) is 1.67. The lowest BCUT2D eigenvalue weighted by atomic mass is 13.9. The molecule has 0 aromatic rings. The van der Waals surface area contributed by atoms with E-state index in [1.165, 1.54) is 0 Å². The van der Waals surface area contributed by atoms with Crippen molar-refractivity contribution in [2.75, 3.05) is 0 Å². The van der Waals surface area contributed by atoms with E-state index in [0.29, 0.717) is 0 Å². The highest BCUT2D eigenvalue weighted by Crippen LogP contribution is 1.98. The van der Waals surface area contributed by atoms with Gasteiger partial charge in [-0.25, -0.2) is 0 Å². The van der Waals surface area contributed by atoms with Gasteiger partial charge in [-0.3, -0.25) is 8.78 Å². The van der Waals surface area contributed by atoms with E-state index in [9.17, 15) is 0 Å². The Bertz CT molecular complexity index is 25.0. The maximum Gasteiger partial charge on any atom is 0.252 e. The summed E-state index contributed by atoms with van der Waals surface area (Å²) in [5.74, 6) is 0. The highest BCUT2D eigenvalue weighted by Gasteiger charge is 1.98. The lowest BCUT2D eigenvalue weighted by molar-refractivity contribution is 1.66. The lowest BCUT2D eigenvalue weighted by Crippen LogP contribution is -2.25. The minimum atomic E-state index is 0.827. The minimum Gasteiger partial charge on any atom is -0.279 e. The quantitative estimate of drug-likeness (QED) is 0.361. The van der Waals surface area contributed by atoms with Gasteiger partial charge in [0.15, 0.2) is 0 Å². The van der Waals surface area contributed by atoms with Gasteiger partial charge in [-0.1, -0.05) is 22.8 Å². The topological polar surface area (TPSA) is 24.1 Å². The van der Waals surface area contributed by atoms with Crippen LogP contribution in [0.25, 0.3) is 0 Å². The van der Waals surface area contributed by atoms with Gasteiger partial charge in [0.05, 0.1) is 0 Å². The first kappa shape index (κ1) is 5.20. The van der Waals surface area contributed by atoms with Crippen molar-refractivity contribution in [3.05, 3.63) is 0 Å². The first-order chi connectivity index (χ1) is 3.00. The monoisotopic (exact) mass is 150 g/mol. The summed E-state index contributed by atoms with van der Waals surface area (Å²) in [4.78, 5) is 0. The maximum absolute atomic E-state index is 3.14. The maximum atomic E-state index is 3.14. The highest BCUT2D eigenvalue weighted by atomic mass is 32.4. The Balaban J connectivity index is 2.00. The Hall–Kier alpha value is 1.05. The van der Waals surface area contributed by atoms with Crippen LogP contribution in [0.3, 0.4) is 0 Å². The van der Waals surface area contributed by atoms with Crippen LogP contribution in [-0.4, -0.2) is 17.7 Å². The van der Waals surface area contributed by atoms with E-state index in [4.69, 9.17) is 0 Å². The molecule has 4 radical (unpaired) electrons. The zero-order valence-electron chi connectivity index (χ0n) is 2.82. The molecule has 0 atom stereocenters. The number of rotatable bonds is 0. The third-order valence-electron chi connectivity index (χ3n) is 0.287. The Morgan fingerprint density at radius 3 is 1.67 bits per heavy atom. The molecule has 2 nitrogen and oxygen atoms in total. The van der Waals surface area contributed by atoms with Crippen LogP contribution < -0.4 is 8.78 Å². The molecule has 32 valence electrons. The van der Waals surface area contributed by atoms with E-state index in [0.717, 1.165) is 17.7 Å². The average molecular weight is 150 g/mol. The molecule has 1 rings (SSSR count). The van der Waals surface area contributed by atoms with E-state index >= 15 is 0 Å². The van der Waals surface area contributed by atoms with Crippen molar-refractivity contribution >= 4 is 40.5 Å². The molecule has 0 bridgehead atoms. The number of hydrogen-bond donors (Lipinski definition) is 2. The molecule has 0 unspecified atom stereocenters. The average Bonchev–Trinajstić information content (AvgIpc) is 1.72. The first-order valence-electron chi connectivity index (χ1n) is 1.32. The highest BCUT2D eigenvalue weighted by molar-refractivity contribution is 8.32.